The third kappa shape index (κ3) is 3.20. The van der Waals surface area contributed by atoms with Crippen LogP contribution in [0.25, 0.3) is 21.3 Å². The molecule has 1 aromatic carbocycles. The summed E-state index contributed by atoms with van der Waals surface area (Å²) in [6.07, 6.45) is 6.24. The number of hydrogen-bond acceptors (Lipinski definition) is 5. The average Bonchev–Trinajstić information content (AvgIpc) is 3.46. The highest BCUT2D eigenvalue weighted by molar-refractivity contribution is 7.15. The van der Waals surface area contributed by atoms with Crippen molar-refractivity contribution in [2.75, 3.05) is 6.61 Å². The molecule has 1 unspecified atom stereocenters. The quantitative estimate of drug-likeness (QED) is 0.639. The number of rotatable bonds is 4. The Morgan fingerprint density at radius 2 is 2.10 bits per heavy atom. The van der Waals surface area contributed by atoms with E-state index in [0.29, 0.717) is 11.4 Å². The van der Waals surface area contributed by atoms with E-state index in [1.807, 2.05) is 18.2 Å². The Morgan fingerprint density at radius 1 is 1.28 bits per heavy atom. The summed E-state index contributed by atoms with van der Waals surface area (Å²) in [6, 6.07) is 8.23. The van der Waals surface area contributed by atoms with Crippen LogP contribution in [0.15, 0.2) is 35.3 Å². The van der Waals surface area contributed by atoms with Gasteiger partial charge in [-0.05, 0) is 68.4 Å². The van der Waals surface area contributed by atoms with E-state index in [1.165, 1.54) is 4.88 Å². The SMILES string of the molecule is CCOC(=O)c1cn(C2CC2)c2cc(-c3cc4c(s3)CCCC4O)ccc2c1=O. The summed E-state index contributed by atoms with van der Waals surface area (Å²) >= 11 is 1.73. The van der Waals surface area contributed by atoms with Gasteiger partial charge in [0.05, 0.1) is 18.2 Å². The molecule has 29 heavy (non-hydrogen) atoms. The Balaban J connectivity index is 1.65. The number of aryl methyl sites for hydroxylation is 1. The van der Waals surface area contributed by atoms with E-state index in [1.54, 1.807) is 24.5 Å². The smallest absolute Gasteiger partial charge is 0.343 e. The summed E-state index contributed by atoms with van der Waals surface area (Å²) in [4.78, 5) is 27.6. The molecule has 150 valence electrons. The zero-order valence-electron chi connectivity index (χ0n) is 16.3. The van der Waals surface area contributed by atoms with Crippen molar-refractivity contribution >= 4 is 28.2 Å². The highest BCUT2D eigenvalue weighted by Crippen LogP contribution is 2.41. The molecule has 3 aromatic rings. The summed E-state index contributed by atoms with van der Waals surface area (Å²) in [7, 11) is 0. The number of fused-ring (bicyclic) bond motifs is 2. The van der Waals surface area contributed by atoms with Crippen LogP contribution in [0.1, 0.15) is 65.6 Å². The minimum absolute atomic E-state index is 0.105. The van der Waals surface area contributed by atoms with Gasteiger partial charge in [-0.3, -0.25) is 4.79 Å². The number of thiophene rings is 1. The summed E-state index contributed by atoms with van der Waals surface area (Å²) in [5.41, 5.74) is 2.78. The molecule has 0 saturated heterocycles. The van der Waals surface area contributed by atoms with Crippen molar-refractivity contribution in [2.45, 2.75) is 51.2 Å². The lowest BCUT2D eigenvalue weighted by Gasteiger charge is -2.16. The molecule has 6 heteroatoms. The first kappa shape index (κ1) is 18.6. The van der Waals surface area contributed by atoms with E-state index < -0.39 is 5.97 Å². The molecule has 1 atom stereocenters. The van der Waals surface area contributed by atoms with Gasteiger partial charge in [0.2, 0.25) is 5.43 Å². The van der Waals surface area contributed by atoms with Gasteiger partial charge < -0.3 is 14.4 Å². The van der Waals surface area contributed by atoms with Crippen molar-refractivity contribution in [3.63, 3.8) is 0 Å². The molecule has 5 rings (SSSR count). The van der Waals surface area contributed by atoms with Gasteiger partial charge in [-0.1, -0.05) is 6.07 Å². The number of aliphatic hydroxyl groups is 1. The standard InChI is InChI=1S/C23H23NO4S/c1-2-28-23(27)17-12-24(14-7-8-14)18-10-13(6-9-15(18)22(17)26)21-11-16-19(25)4-3-5-20(16)29-21/h6,9-12,14,19,25H,2-5,7-8H2,1H3. The number of ether oxygens (including phenoxy) is 1. The Morgan fingerprint density at radius 3 is 2.83 bits per heavy atom. The van der Waals surface area contributed by atoms with E-state index in [0.717, 1.165) is 53.6 Å². The van der Waals surface area contributed by atoms with Gasteiger partial charge in [-0.2, -0.15) is 0 Å². The van der Waals surface area contributed by atoms with Gasteiger partial charge in [-0.25, -0.2) is 4.79 Å². The molecule has 2 heterocycles. The second kappa shape index (κ2) is 7.11. The Kier molecular flexibility index (Phi) is 4.56. The number of hydrogen-bond donors (Lipinski definition) is 1. The fourth-order valence-electron chi connectivity index (χ4n) is 4.19. The number of aliphatic hydroxyl groups excluding tert-OH is 1. The van der Waals surface area contributed by atoms with Gasteiger partial charge >= 0.3 is 5.97 Å². The minimum atomic E-state index is -0.558. The predicted molar refractivity (Wildman–Crippen MR) is 114 cm³/mol. The molecule has 0 spiro atoms. The first-order valence-electron chi connectivity index (χ1n) is 10.2. The maximum absolute atomic E-state index is 12.9. The molecular weight excluding hydrogens is 386 g/mol. The molecule has 2 aliphatic rings. The lowest BCUT2D eigenvalue weighted by Crippen LogP contribution is -2.20. The second-order valence-corrected chi connectivity index (χ2v) is 9.00. The second-order valence-electron chi connectivity index (χ2n) is 7.86. The van der Waals surface area contributed by atoms with Crippen molar-refractivity contribution < 1.29 is 14.6 Å². The van der Waals surface area contributed by atoms with Gasteiger partial charge in [0.25, 0.3) is 0 Å². The molecule has 0 amide bonds. The van der Waals surface area contributed by atoms with Crippen LogP contribution >= 0.6 is 11.3 Å². The van der Waals surface area contributed by atoms with Crippen LogP contribution in [-0.2, 0) is 11.2 Å². The summed E-state index contributed by atoms with van der Waals surface area (Å²) in [6.45, 7) is 1.98. The Hall–Kier alpha value is -2.44. The van der Waals surface area contributed by atoms with Gasteiger partial charge in [0.1, 0.15) is 5.56 Å². The van der Waals surface area contributed by atoms with Crippen LogP contribution < -0.4 is 5.43 Å². The third-order valence-electron chi connectivity index (χ3n) is 5.84. The molecule has 5 nitrogen and oxygen atoms in total. The molecule has 1 N–H and O–H groups in total. The normalized spacial score (nSPS) is 18.6. The number of benzene rings is 1. The van der Waals surface area contributed by atoms with Crippen LogP contribution in [0.4, 0.5) is 0 Å². The van der Waals surface area contributed by atoms with Crippen LogP contribution in [0.5, 0.6) is 0 Å². The van der Waals surface area contributed by atoms with E-state index in [9.17, 15) is 14.7 Å². The first-order valence-corrected chi connectivity index (χ1v) is 11.1. The molecule has 0 aliphatic heterocycles. The fraction of sp³-hybridized carbons (Fsp3) is 0.391. The van der Waals surface area contributed by atoms with Gasteiger partial charge in [0, 0.05) is 27.4 Å². The largest absolute Gasteiger partial charge is 0.462 e. The van der Waals surface area contributed by atoms with E-state index in [4.69, 9.17) is 4.74 Å². The van der Waals surface area contributed by atoms with E-state index in [-0.39, 0.29) is 23.7 Å². The number of carbonyl (C=O) groups excluding carboxylic acids is 1. The molecule has 1 fully saturated rings. The highest BCUT2D eigenvalue weighted by Gasteiger charge is 2.28. The molecular formula is C23H23NO4S. The van der Waals surface area contributed by atoms with Crippen LogP contribution in [0.3, 0.4) is 0 Å². The average molecular weight is 410 g/mol. The summed E-state index contributed by atoms with van der Waals surface area (Å²) < 4.78 is 7.15. The maximum atomic E-state index is 12.9. The monoisotopic (exact) mass is 409 g/mol. The zero-order valence-corrected chi connectivity index (χ0v) is 17.1. The van der Waals surface area contributed by atoms with E-state index in [2.05, 4.69) is 10.6 Å². The lowest BCUT2D eigenvalue weighted by atomic mass is 9.96. The van der Waals surface area contributed by atoms with Gasteiger partial charge in [0.15, 0.2) is 0 Å². The number of pyridine rings is 1. The molecule has 2 aliphatic carbocycles. The predicted octanol–water partition coefficient (Wildman–Crippen LogP) is 4.61. The maximum Gasteiger partial charge on any atom is 0.343 e. The molecule has 1 saturated carbocycles. The zero-order chi connectivity index (χ0) is 20.1. The van der Waals surface area contributed by atoms with E-state index >= 15 is 0 Å². The van der Waals surface area contributed by atoms with Crippen molar-refractivity contribution in [1.29, 1.82) is 0 Å². The number of aromatic nitrogens is 1. The van der Waals surface area contributed by atoms with Gasteiger partial charge in [-0.15, -0.1) is 11.3 Å². The number of esters is 1. The summed E-state index contributed by atoms with van der Waals surface area (Å²) in [5.74, 6) is -0.558. The molecule has 2 aromatic heterocycles. The van der Waals surface area contributed by atoms with Crippen molar-refractivity contribution in [3.8, 4) is 10.4 Å². The number of carbonyl (C=O) groups is 1. The topological polar surface area (TPSA) is 68.5 Å². The fourth-order valence-corrected chi connectivity index (χ4v) is 5.44. The Labute approximate surface area is 172 Å². The highest BCUT2D eigenvalue weighted by atomic mass is 32.1. The molecule has 0 bridgehead atoms. The van der Waals surface area contributed by atoms with Crippen LogP contribution in [0.2, 0.25) is 0 Å². The first-order chi connectivity index (χ1) is 14.1. The van der Waals surface area contributed by atoms with Crippen molar-refractivity contribution in [2.24, 2.45) is 0 Å². The minimum Gasteiger partial charge on any atom is -0.462 e. The third-order valence-corrected chi connectivity index (χ3v) is 7.10. The van der Waals surface area contributed by atoms with Crippen LogP contribution in [-0.4, -0.2) is 22.2 Å². The summed E-state index contributed by atoms with van der Waals surface area (Å²) in [5, 5.41) is 10.8. The Bertz CT molecular complexity index is 1170. The van der Waals surface area contributed by atoms with Crippen molar-refractivity contribution in [3.05, 3.63) is 56.7 Å². The molecule has 0 radical (unpaired) electrons. The number of nitrogens with zero attached hydrogens (tertiary/aromatic N) is 1. The van der Waals surface area contributed by atoms with Crippen LogP contribution in [0, 0.1) is 0 Å². The van der Waals surface area contributed by atoms with Crippen molar-refractivity contribution in [1.82, 2.24) is 4.57 Å². The lowest BCUT2D eigenvalue weighted by molar-refractivity contribution is 0.0524.